The summed E-state index contributed by atoms with van der Waals surface area (Å²) in [6.07, 6.45) is -0.708. The summed E-state index contributed by atoms with van der Waals surface area (Å²) in [7, 11) is 1.32. The molecule has 0 aliphatic heterocycles. The number of methoxy groups -OCH3 is 1. The van der Waals surface area contributed by atoms with Crippen molar-refractivity contribution in [1.82, 2.24) is 5.32 Å². The molecule has 6 nitrogen and oxygen atoms in total. The first-order valence-electron chi connectivity index (χ1n) is 8.62. The number of ether oxygens (including phenoxy) is 2. The van der Waals surface area contributed by atoms with E-state index in [0.717, 1.165) is 11.0 Å². The lowest BCUT2D eigenvalue weighted by atomic mass is 10.2. The van der Waals surface area contributed by atoms with Gasteiger partial charge in [0.15, 0.2) is 6.10 Å². The molecule has 140 valence electrons. The van der Waals surface area contributed by atoms with Gasteiger partial charge in [-0.15, -0.1) is 0 Å². The van der Waals surface area contributed by atoms with Gasteiger partial charge in [-0.3, -0.25) is 4.79 Å². The zero-order valence-corrected chi connectivity index (χ0v) is 15.4. The molecule has 0 aliphatic rings. The fourth-order valence-electron chi connectivity index (χ4n) is 2.66. The van der Waals surface area contributed by atoms with Crippen LogP contribution in [0.25, 0.3) is 11.0 Å². The van der Waals surface area contributed by atoms with Crippen LogP contribution < -0.4 is 10.1 Å². The first-order valence-corrected chi connectivity index (χ1v) is 8.62. The molecule has 1 heterocycles. The first-order chi connectivity index (χ1) is 13.0. The number of benzene rings is 2. The maximum atomic E-state index is 12.4. The maximum absolute atomic E-state index is 12.4. The minimum Gasteiger partial charge on any atom is -0.481 e. The van der Waals surface area contributed by atoms with E-state index in [1.54, 1.807) is 31.2 Å². The normalized spacial score (nSPS) is 13.0. The molecule has 0 bridgehead atoms. The second kappa shape index (κ2) is 7.95. The van der Waals surface area contributed by atoms with Gasteiger partial charge in [0.25, 0.3) is 5.91 Å². The Balaban J connectivity index is 1.60. The summed E-state index contributed by atoms with van der Waals surface area (Å²) >= 11 is 0. The molecule has 3 rings (SSSR count). The summed E-state index contributed by atoms with van der Waals surface area (Å²) in [5.41, 5.74) is 1.20. The first kappa shape index (κ1) is 18.5. The van der Waals surface area contributed by atoms with E-state index in [1.165, 1.54) is 7.11 Å². The molecular formula is C21H21NO5. The van der Waals surface area contributed by atoms with Crippen molar-refractivity contribution in [3.8, 4) is 5.75 Å². The molecular weight excluding hydrogens is 346 g/mol. The fraction of sp³-hybridized carbons (Fsp3) is 0.238. The number of hydrogen-bond acceptors (Lipinski definition) is 5. The lowest BCUT2D eigenvalue weighted by Gasteiger charge is -2.17. The van der Waals surface area contributed by atoms with Crippen LogP contribution in [0.4, 0.5) is 0 Å². The van der Waals surface area contributed by atoms with Crippen LogP contribution in [-0.4, -0.2) is 25.1 Å². The van der Waals surface area contributed by atoms with Gasteiger partial charge in [0.05, 0.1) is 18.7 Å². The molecule has 2 unspecified atom stereocenters. The van der Waals surface area contributed by atoms with Gasteiger partial charge in [0, 0.05) is 5.39 Å². The van der Waals surface area contributed by atoms with Crippen LogP contribution in [0, 0.1) is 0 Å². The van der Waals surface area contributed by atoms with Crippen LogP contribution in [0.3, 0.4) is 0 Å². The van der Waals surface area contributed by atoms with Crippen molar-refractivity contribution in [2.75, 3.05) is 7.11 Å². The SMILES string of the molecule is COC(=O)c1ccc(OC(C)C(=O)NC(C)c2cc3ccccc3o2)cc1. The quantitative estimate of drug-likeness (QED) is 0.669. The second-order valence-corrected chi connectivity index (χ2v) is 6.19. The minimum absolute atomic E-state index is 0.264. The summed E-state index contributed by atoms with van der Waals surface area (Å²) in [5, 5.41) is 3.87. The predicted octanol–water partition coefficient (Wildman–Crippen LogP) is 3.86. The van der Waals surface area contributed by atoms with E-state index in [1.807, 2.05) is 37.3 Å². The predicted molar refractivity (Wildman–Crippen MR) is 101 cm³/mol. The van der Waals surface area contributed by atoms with Crippen LogP contribution >= 0.6 is 0 Å². The number of nitrogens with one attached hydrogen (secondary N) is 1. The van der Waals surface area contributed by atoms with E-state index in [0.29, 0.717) is 17.1 Å². The molecule has 0 saturated carbocycles. The summed E-state index contributed by atoms with van der Waals surface area (Å²) in [6.45, 7) is 3.52. The molecule has 1 N–H and O–H groups in total. The molecule has 1 amide bonds. The van der Waals surface area contributed by atoms with Gasteiger partial charge in [0.1, 0.15) is 17.1 Å². The smallest absolute Gasteiger partial charge is 0.337 e. The Morgan fingerprint density at radius 1 is 1.04 bits per heavy atom. The van der Waals surface area contributed by atoms with Crippen LogP contribution in [-0.2, 0) is 9.53 Å². The van der Waals surface area contributed by atoms with Crippen molar-refractivity contribution in [1.29, 1.82) is 0 Å². The van der Waals surface area contributed by atoms with Crippen molar-refractivity contribution in [3.63, 3.8) is 0 Å². The van der Waals surface area contributed by atoms with E-state index < -0.39 is 12.1 Å². The van der Waals surface area contributed by atoms with Gasteiger partial charge < -0.3 is 19.2 Å². The Bertz CT molecular complexity index is 912. The fourth-order valence-corrected chi connectivity index (χ4v) is 2.66. The highest BCUT2D eigenvalue weighted by Gasteiger charge is 2.20. The molecule has 2 aromatic carbocycles. The Morgan fingerprint density at radius 3 is 2.41 bits per heavy atom. The Labute approximate surface area is 157 Å². The van der Waals surface area contributed by atoms with Gasteiger partial charge in [-0.2, -0.15) is 0 Å². The van der Waals surface area contributed by atoms with Gasteiger partial charge >= 0.3 is 5.97 Å². The standard InChI is InChI=1S/C21H21NO5/c1-13(19-12-16-6-4-5-7-18(16)27-19)22-20(23)14(2)26-17-10-8-15(9-11-17)21(24)25-3/h4-14H,1-3H3,(H,22,23). The topological polar surface area (TPSA) is 77.8 Å². The molecule has 0 fully saturated rings. The minimum atomic E-state index is -0.708. The van der Waals surface area contributed by atoms with Gasteiger partial charge in [-0.05, 0) is 50.2 Å². The number of rotatable bonds is 6. The second-order valence-electron chi connectivity index (χ2n) is 6.19. The van der Waals surface area contributed by atoms with Crippen LogP contribution in [0.15, 0.2) is 59.0 Å². The zero-order valence-electron chi connectivity index (χ0n) is 15.4. The van der Waals surface area contributed by atoms with Crippen molar-refractivity contribution < 1.29 is 23.5 Å². The van der Waals surface area contributed by atoms with E-state index in [-0.39, 0.29) is 11.9 Å². The lowest BCUT2D eigenvalue weighted by molar-refractivity contribution is -0.128. The third kappa shape index (κ3) is 4.28. The van der Waals surface area contributed by atoms with E-state index >= 15 is 0 Å². The number of amides is 1. The van der Waals surface area contributed by atoms with Crippen molar-refractivity contribution in [3.05, 3.63) is 65.9 Å². The molecule has 0 spiro atoms. The van der Waals surface area contributed by atoms with Crippen molar-refractivity contribution in [2.45, 2.75) is 26.0 Å². The summed E-state index contributed by atoms with van der Waals surface area (Å²) in [4.78, 5) is 23.9. The molecule has 2 atom stereocenters. The van der Waals surface area contributed by atoms with E-state index in [2.05, 4.69) is 10.1 Å². The summed E-state index contributed by atoms with van der Waals surface area (Å²) < 4.78 is 16.1. The molecule has 0 radical (unpaired) electrons. The molecule has 1 aromatic heterocycles. The molecule has 0 aliphatic carbocycles. The largest absolute Gasteiger partial charge is 0.481 e. The Hall–Kier alpha value is -3.28. The molecule has 6 heteroatoms. The van der Waals surface area contributed by atoms with Gasteiger partial charge in [-0.25, -0.2) is 4.79 Å². The summed E-state index contributed by atoms with van der Waals surface area (Å²) in [6, 6.07) is 15.7. The van der Waals surface area contributed by atoms with Crippen molar-refractivity contribution >= 4 is 22.8 Å². The van der Waals surface area contributed by atoms with Crippen molar-refractivity contribution in [2.24, 2.45) is 0 Å². The molecule has 0 saturated heterocycles. The van der Waals surface area contributed by atoms with Gasteiger partial charge in [0.2, 0.25) is 0 Å². The van der Waals surface area contributed by atoms with Crippen LogP contribution in [0.5, 0.6) is 5.75 Å². The number of esters is 1. The number of carbonyl (C=O) groups excluding carboxylic acids is 2. The third-order valence-corrected chi connectivity index (χ3v) is 4.19. The van der Waals surface area contributed by atoms with Gasteiger partial charge in [-0.1, -0.05) is 18.2 Å². The average Bonchev–Trinajstić information content (AvgIpc) is 3.12. The van der Waals surface area contributed by atoms with Crippen LogP contribution in [0.2, 0.25) is 0 Å². The lowest BCUT2D eigenvalue weighted by Crippen LogP contribution is -2.37. The third-order valence-electron chi connectivity index (χ3n) is 4.19. The highest BCUT2D eigenvalue weighted by Crippen LogP contribution is 2.23. The molecule has 27 heavy (non-hydrogen) atoms. The monoisotopic (exact) mass is 367 g/mol. The highest BCUT2D eigenvalue weighted by atomic mass is 16.5. The van der Waals surface area contributed by atoms with E-state index in [4.69, 9.17) is 9.15 Å². The maximum Gasteiger partial charge on any atom is 0.337 e. The number of hydrogen-bond donors (Lipinski definition) is 1. The van der Waals surface area contributed by atoms with Crippen LogP contribution in [0.1, 0.15) is 36.0 Å². The van der Waals surface area contributed by atoms with E-state index in [9.17, 15) is 9.59 Å². The average molecular weight is 367 g/mol. The molecule has 3 aromatic rings. The number of furan rings is 1. The highest BCUT2D eigenvalue weighted by molar-refractivity contribution is 5.89. The number of para-hydroxylation sites is 1. The Kier molecular flexibility index (Phi) is 5.45. The Morgan fingerprint density at radius 2 is 1.74 bits per heavy atom. The number of carbonyl (C=O) groups is 2. The summed E-state index contributed by atoms with van der Waals surface area (Å²) in [5.74, 6) is 0.480. The number of fused-ring (bicyclic) bond motifs is 1. The zero-order chi connectivity index (χ0) is 19.4.